The highest BCUT2D eigenvalue weighted by molar-refractivity contribution is 7.67. The zero-order valence-electron chi connectivity index (χ0n) is 15.8. The first kappa shape index (κ1) is 19.0. The number of hydrogen-bond acceptors (Lipinski definition) is 1. The molecule has 0 aliphatic carbocycles. The van der Waals surface area contributed by atoms with Crippen LogP contribution in [0.2, 0.25) is 0 Å². The molecule has 2 heteroatoms. The molecule has 0 radical (unpaired) electrons. The third kappa shape index (κ3) is 4.84. The van der Waals surface area contributed by atoms with Gasteiger partial charge in [-0.2, -0.15) is 0 Å². The number of rotatable bonds is 8. The molecule has 2 aromatic rings. The Hall–Kier alpha value is -1.33. The molecular formula is C22H32NP. The highest BCUT2D eigenvalue weighted by atomic mass is 31.1. The monoisotopic (exact) mass is 341 g/mol. The van der Waals surface area contributed by atoms with Gasteiger partial charge in [-0.3, -0.25) is 0 Å². The van der Waals surface area contributed by atoms with E-state index in [4.69, 9.17) is 0 Å². The predicted molar refractivity (Wildman–Crippen MR) is 111 cm³/mol. The van der Waals surface area contributed by atoms with Crippen LogP contribution < -0.4 is 10.4 Å². The van der Waals surface area contributed by atoms with Crippen molar-refractivity contribution in [3.8, 4) is 0 Å². The van der Waals surface area contributed by atoms with E-state index in [9.17, 15) is 0 Å². The van der Waals surface area contributed by atoms with Crippen molar-refractivity contribution in [1.82, 2.24) is 0 Å². The summed E-state index contributed by atoms with van der Waals surface area (Å²) in [7, 11) is -0.370. The lowest BCUT2D eigenvalue weighted by Crippen LogP contribution is -2.13. The minimum atomic E-state index is -0.370. The lowest BCUT2D eigenvalue weighted by molar-refractivity contribution is 0.839. The van der Waals surface area contributed by atoms with Crippen LogP contribution in [-0.4, -0.2) is 6.16 Å². The van der Waals surface area contributed by atoms with Gasteiger partial charge in [-0.15, -0.1) is 0 Å². The van der Waals surface area contributed by atoms with Gasteiger partial charge < -0.3 is 5.09 Å². The molecule has 0 saturated heterocycles. The van der Waals surface area contributed by atoms with Gasteiger partial charge in [-0.25, -0.2) is 0 Å². The number of para-hydroxylation sites is 1. The van der Waals surface area contributed by atoms with Crippen LogP contribution in [-0.2, 0) is 0 Å². The maximum absolute atomic E-state index is 3.99. The van der Waals surface area contributed by atoms with Gasteiger partial charge in [0, 0.05) is 13.8 Å². The van der Waals surface area contributed by atoms with E-state index in [2.05, 4.69) is 88.2 Å². The van der Waals surface area contributed by atoms with Gasteiger partial charge in [0.2, 0.25) is 0 Å². The largest absolute Gasteiger partial charge is 0.360 e. The Morgan fingerprint density at radius 1 is 0.833 bits per heavy atom. The maximum atomic E-state index is 3.99. The Labute approximate surface area is 149 Å². The van der Waals surface area contributed by atoms with Crippen LogP contribution in [0, 0.1) is 0 Å². The third-order valence-electron chi connectivity index (χ3n) is 4.42. The molecule has 24 heavy (non-hydrogen) atoms. The molecule has 0 aromatic heterocycles. The van der Waals surface area contributed by atoms with Crippen LogP contribution in [0.4, 0.5) is 5.69 Å². The zero-order chi connectivity index (χ0) is 17.5. The Morgan fingerprint density at radius 3 is 1.92 bits per heavy atom. The molecular weight excluding hydrogens is 309 g/mol. The first-order valence-corrected chi connectivity index (χ1v) is 10.8. The van der Waals surface area contributed by atoms with Crippen LogP contribution in [0.5, 0.6) is 0 Å². The Balaban J connectivity index is 2.41. The lowest BCUT2D eigenvalue weighted by atomic mass is 9.93. The Morgan fingerprint density at radius 2 is 1.42 bits per heavy atom. The zero-order valence-corrected chi connectivity index (χ0v) is 16.7. The third-order valence-corrected chi connectivity index (χ3v) is 6.60. The van der Waals surface area contributed by atoms with Crippen molar-refractivity contribution in [2.75, 3.05) is 11.2 Å². The van der Waals surface area contributed by atoms with E-state index in [-0.39, 0.29) is 8.07 Å². The summed E-state index contributed by atoms with van der Waals surface area (Å²) in [6.45, 7) is 11.5. The van der Waals surface area contributed by atoms with E-state index in [0.29, 0.717) is 11.8 Å². The van der Waals surface area contributed by atoms with Gasteiger partial charge >= 0.3 is 0 Å². The second-order valence-corrected chi connectivity index (χ2v) is 9.12. The fourth-order valence-corrected chi connectivity index (χ4v) is 5.18. The molecule has 0 fully saturated rings. The SMILES string of the molecule is CCCC[P@@](Nc1c(C(C)C)cccc1C(C)C)c1ccccc1. The molecule has 2 rings (SSSR count). The fraction of sp³-hybridized carbons (Fsp3) is 0.455. The molecule has 1 atom stereocenters. The maximum Gasteiger partial charge on any atom is 0.0445 e. The molecule has 0 heterocycles. The van der Waals surface area contributed by atoms with Gasteiger partial charge in [-0.1, -0.05) is 89.6 Å². The average molecular weight is 341 g/mol. The Kier molecular flexibility index (Phi) is 7.31. The molecule has 0 bridgehead atoms. The highest BCUT2D eigenvalue weighted by Crippen LogP contribution is 2.42. The van der Waals surface area contributed by atoms with E-state index in [1.807, 2.05) is 0 Å². The van der Waals surface area contributed by atoms with Crippen LogP contribution >= 0.6 is 8.07 Å². The molecule has 0 aliphatic rings. The smallest absolute Gasteiger partial charge is 0.0445 e. The molecule has 0 saturated carbocycles. The molecule has 2 aromatic carbocycles. The number of hydrogen-bond donors (Lipinski definition) is 1. The van der Waals surface area contributed by atoms with Crippen molar-refractivity contribution >= 4 is 19.1 Å². The van der Waals surface area contributed by atoms with Crippen molar-refractivity contribution in [1.29, 1.82) is 0 Å². The van der Waals surface area contributed by atoms with Crippen LogP contribution in [0.1, 0.15) is 70.4 Å². The minimum absolute atomic E-state index is 0.370. The number of unbranched alkanes of at least 4 members (excludes halogenated alkanes) is 1. The van der Waals surface area contributed by atoms with Crippen molar-refractivity contribution in [3.63, 3.8) is 0 Å². The summed E-state index contributed by atoms with van der Waals surface area (Å²) in [6, 6.07) is 17.8. The van der Waals surface area contributed by atoms with Gasteiger partial charge in [0.15, 0.2) is 0 Å². The lowest BCUT2D eigenvalue weighted by Gasteiger charge is -2.26. The molecule has 0 aliphatic heterocycles. The van der Waals surface area contributed by atoms with E-state index >= 15 is 0 Å². The fourth-order valence-electron chi connectivity index (χ4n) is 2.99. The van der Waals surface area contributed by atoms with E-state index < -0.39 is 0 Å². The molecule has 0 spiro atoms. The molecule has 1 N–H and O–H groups in total. The first-order valence-electron chi connectivity index (χ1n) is 9.26. The van der Waals surface area contributed by atoms with Crippen molar-refractivity contribution in [2.45, 2.75) is 59.3 Å². The van der Waals surface area contributed by atoms with E-state index in [1.165, 1.54) is 41.1 Å². The number of benzene rings is 2. The summed E-state index contributed by atoms with van der Waals surface area (Å²) in [5.74, 6) is 1.06. The second kappa shape index (κ2) is 9.23. The van der Waals surface area contributed by atoms with Gasteiger partial charge in [-0.05, 0) is 40.8 Å². The second-order valence-electron chi connectivity index (χ2n) is 7.07. The van der Waals surface area contributed by atoms with Gasteiger partial charge in [0.1, 0.15) is 0 Å². The summed E-state index contributed by atoms with van der Waals surface area (Å²) in [5, 5.41) is 5.45. The summed E-state index contributed by atoms with van der Waals surface area (Å²) in [4.78, 5) is 0. The van der Waals surface area contributed by atoms with Gasteiger partial charge in [0.05, 0.1) is 0 Å². The normalized spacial score (nSPS) is 12.6. The number of nitrogens with one attached hydrogen (secondary N) is 1. The standard InChI is InChI=1S/C22H32NP/c1-6-7-16-24(19-12-9-8-10-13-19)23-22-20(17(2)3)14-11-15-21(22)18(4)5/h8-15,17-18,23H,6-7,16H2,1-5H3/t24-/m1/s1. The van der Waals surface area contributed by atoms with Crippen molar-refractivity contribution in [2.24, 2.45) is 0 Å². The molecule has 130 valence electrons. The predicted octanol–water partition coefficient (Wildman–Crippen LogP) is 6.87. The van der Waals surface area contributed by atoms with Crippen LogP contribution in [0.25, 0.3) is 0 Å². The summed E-state index contributed by atoms with van der Waals surface area (Å²) in [6.07, 6.45) is 3.75. The summed E-state index contributed by atoms with van der Waals surface area (Å²) >= 11 is 0. The average Bonchev–Trinajstić information content (AvgIpc) is 2.58. The topological polar surface area (TPSA) is 12.0 Å². The van der Waals surface area contributed by atoms with Crippen molar-refractivity contribution < 1.29 is 0 Å². The summed E-state index contributed by atoms with van der Waals surface area (Å²) < 4.78 is 0. The Bertz CT molecular complexity index is 593. The van der Waals surface area contributed by atoms with Crippen LogP contribution in [0.15, 0.2) is 48.5 Å². The van der Waals surface area contributed by atoms with E-state index in [1.54, 1.807) is 0 Å². The number of anilines is 1. The quantitative estimate of drug-likeness (QED) is 0.517. The molecule has 1 nitrogen and oxygen atoms in total. The van der Waals surface area contributed by atoms with Gasteiger partial charge in [0.25, 0.3) is 0 Å². The minimum Gasteiger partial charge on any atom is -0.360 e. The highest BCUT2D eigenvalue weighted by Gasteiger charge is 2.18. The first-order chi connectivity index (χ1) is 11.5. The molecule has 0 unspecified atom stereocenters. The van der Waals surface area contributed by atoms with Crippen LogP contribution in [0.3, 0.4) is 0 Å². The van der Waals surface area contributed by atoms with Crippen molar-refractivity contribution in [3.05, 3.63) is 59.7 Å². The molecule has 0 amide bonds. The van der Waals surface area contributed by atoms with E-state index in [0.717, 1.165) is 0 Å². The summed E-state index contributed by atoms with van der Waals surface area (Å²) in [5.41, 5.74) is 4.27.